The smallest absolute Gasteiger partial charge is 0.282 e. The largest absolute Gasteiger partial charge is 0.399 e. The molecule has 2 heterocycles. The second-order valence-corrected chi connectivity index (χ2v) is 7.76. The number of nitrogen functional groups attached to an aromatic ring is 1. The maximum absolute atomic E-state index is 12.6. The molecule has 0 saturated carbocycles. The van der Waals surface area contributed by atoms with E-state index in [9.17, 15) is 13.2 Å². The third-order valence-corrected chi connectivity index (χ3v) is 6.32. The molecule has 0 bridgehead atoms. The Morgan fingerprint density at radius 3 is 2.20 bits per heavy atom. The number of ether oxygens (including phenoxy) is 1. The Bertz CT molecular complexity index is 701. The number of nitrogens with zero attached hydrogens (tertiary/aromatic N) is 3. The van der Waals surface area contributed by atoms with Crippen molar-refractivity contribution in [3.8, 4) is 0 Å². The van der Waals surface area contributed by atoms with Crippen molar-refractivity contribution in [1.29, 1.82) is 0 Å². The SMILES string of the molecule is Cl.Nc1cccc(C(=O)N2CCN(S(=O)(=O)N3CCOCC3)CC2)c1. The Kier molecular flexibility index (Phi) is 6.64. The quantitative estimate of drug-likeness (QED) is 0.734. The second kappa shape index (κ2) is 8.33. The number of hydrogen-bond donors (Lipinski definition) is 1. The summed E-state index contributed by atoms with van der Waals surface area (Å²) in [6, 6.07) is 6.82. The topological polar surface area (TPSA) is 96.2 Å². The molecule has 0 radical (unpaired) electrons. The van der Waals surface area contributed by atoms with Crippen molar-refractivity contribution in [3.05, 3.63) is 29.8 Å². The fraction of sp³-hybridized carbons (Fsp3) is 0.533. The number of piperazine rings is 1. The van der Waals surface area contributed by atoms with E-state index in [1.165, 1.54) is 8.61 Å². The van der Waals surface area contributed by atoms with E-state index in [2.05, 4.69) is 0 Å². The molecule has 3 rings (SSSR count). The van der Waals surface area contributed by atoms with Gasteiger partial charge in [0, 0.05) is 50.5 Å². The van der Waals surface area contributed by atoms with Crippen LogP contribution in [0.2, 0.25) is 0 Å². The maximum Gasteiger partial charge on any atom is 0.282 e. The molecule has 0 atom stereocenters. The van der Waals surface area contributed by atoms with Gasteiger partial charge in [-0.15, -0.1) is 12.4 Å². The van der Waals surface area contributed by atoms with Crippen molar-refractivity contribution in [3.63, 3.8) is 0 Å². The van der Waals surface area contributed by atoms with Crippen molar-refractivity contribution in [2.45, 2.75) is 0 Å². The first-order chi connectivity index (χ1) is 11.5. The normalized spacial score (nSPS) is 20.1. The van der Waals surface area contributed by atoms with Gasteiger partial charge in [-0.2, -0.15) is 17.0 Å². The van der Waals surface area contributed by atoms with E-state index in [1.807, 2.05) is 0 Å². The minimum absolute atomic E-state index is 0. The van der Waals surface area contributed by atoms with Gasteiger partial charge in [0.25, 0.3) is 16.1 Å². The van der Waals surface area contributed by atoms with Gasteiger partial charge in [0.1, 0.15) is 0 Å². The number of carbonyl (C=O) groups excluding carboxylic acids is 1. The lowest BCUT2D eigenvalue weighted by atomic mass is 10.1. The summed E-state index contributed by atoms with van der Waals surface area (Å²) < 4.78 is 33.3. The molecule has 2 saturated heterocycles. The van der Waals surface area contributed by atoms with Crippen LogP contribution >= 0.6 is 12.4 Å². The molecule has 0 unspecified atom stereocenters. The predicted molar refractivity (Wildman–Crippen MR) is 96.9 cm³/mol. The van der Waals surface area contributed by atoms with E-state index < -0.39 is 10.2 Å². The summed E-state index contributed by atoms with van der Waals surface area (Å²) in [4.78, 5) is 14.2. The standard InChI is InChI=1S/C15H22N4O4S.ClH/c16-14-3-1-2-13(12-14)15(20)17-4-6-18(7-5-17)24(21,22)19-8-10-23-11-9-19;/h1-3,12H,4-11,16H2;1H. The van der Waals surface area contributed by atoms with E-state index in [-0.39, 0.29) is 18.3 Å². The number of morpholine rings is 1. The summed E-state index contributed by atoms with van der Waals surface area (Å²) >= 11 is 0. The first-order valence-electron chi connectivity index (χ1n) is 7.96. The summed E-state index contributed by atoms with van der Waals surface area (Å²) in [7, 11) is -3.48. The zero-order chi connectivity index (χ0) is 17.2. The molecule has 1 amide bonds. The minimum atomic E-state index is -3.48. The third kappa shape index (κ3) is 4.42. The van der Waals surface area contributed by atoms with Crippen LogP contribution in [-0.2, 0) is 14.9 Å². The highest BCUT2D eigenvalue weighted by molar-refractivity contribution is 7.86. The van der Waals surface area contributed by atoms with Crippen LogP contribution in [0.3, 0.4) is 0 Å². The maximum atomic E-state index is 12.6. The van der Waals surface area contributed by atoms with Gasteiger partial charge in [-0.25, -0.2) is 0 Å². The Morgan fingerprint density at radius 2 is 1.60 bits per heavy atom. The lowest BCUT2D eigenvalue weighted by Crippen LogP contribution is -2.55. The number of amides is 1. The lowest BCUT2D eigenvalue weighted by Gasteiger charge is -2.37. The van der Waals surface area contributed by atoms with Crippen LogP contribution in [0.15, 0.2) is 24.3 Å². The molecule has 25 heavy (non-hydrogen) atoms. The van der Waals surface area contributed by atoms with Gasteiger partial charge in [-0.1, -0.05) is 6.07 Å². The average Bonchev–Trinajstić information content (AvgIpc) is 2.62. The number of benzene rings is 1. The number of rotatable bonds is 3. The molecular weight excluding hydrogens is 368 g/mol. The molecule has 0 aliphatic carbocycles. The summed E-state index contributed by atoms with van der Waals surface area (Å²) in [6.07, 6.45) is 0. The molecule has 1 aromatic rings. The lowest BCUT2D eigenvalue weighted by molar-refractivity contribution is 0.0636. The van der Waals surface area contributed by atoms with Crippen LogP contribution in [0, 0.1) is 0 Å². The van der Waals surface area contributed by atoms with Gasteiger partial charge in [-0.05, 0) is 18.2 Å². The molecule has 2 N–H and O–H groups in total. The van der Waals surface area contributed by atoms with E-state index in [4.69, 9.17) is 10.5 Å². The van der Waals surface area contributed by atoms with Crippen molar-refractivity contribution >= 4 is 34.2 Å². The van der Waals surface area contributed by atoms with Crippen LogP contribution in [0.1, 0.15) is 10.4 Å². The van der Waals surface area contributed by atoms with Crippen molar-refractivity contribution in [1.82, 2.24) is 13.5 Å². The fourth-order valence-corrected chi connectivity index (χ4v) is 4.48. The molecular formula is C15H23ClN4O4S. The number of anilines is 1. The van der Waals surface area contributed by atoms with Gasteiger partial charge in [0.2, 0.25) is 0 Å². The third-order valence-electron chi connectivity index (χ3n) is 4.28. The van der Waals surface area contributed by atoms with Gasteiger partial charge in [-0.3, -0.25) is 4.79 Å². The molecule has 1 aromatic carbocycles. The molecule has 8 nitrogen and oxygen atoms in total. The highest BCUT2D eigenvalue weighted by Crippen LogP contribution is 2.16. The zero-order valence-electron chi connectivity index (χ0n) is 13.8. The highest BCUT2D eigenvalue weighted by atomic mass is 35.5. The number of hydrogen-bond acceptors (Lipinski definition) is 5. The molecule has 0 aromatic heterocycles. The molecule has 0 spiro atoms. The first kappa shape index (κ1) is 19.9. The van der Waals surface area contributed by atoms with Gasteiger partial charge < -0.3 is 15.4 Å². The summed E-state index contributed by atoms with van der Waals surface area (Å²) in [5, 5.41) is 0. The average molecular weight is 391 g/mol. The summed E-state index contributed by atoms with van der Waals surface area (Å²) in [5.41, 5.74) is 6.78. The number of nitrogens with two attached hydrogens (primary N) is 1. The molecule has 2 aliphatic rings. The highest BCUT2D eigenvalue weighted by Gasteiger charge is 2.34. The summed E-state index contributed by atoms with van der Waals surface area (Å²) in [5.74, 6) is -0.120. The Balaban J connectivity index is 0.00000225. The van der Waals surface area contributed by atoms with Crippen LogP contribution in [0.4, 0.5) is 5.69 Å². The molecule has 2 aliphatic heterocycles. The minimum Gasteiger partial charge on any atom is -0.399 e. The van der Waals surface area contributed by atoms with Gasteiger partial charge >= 0.3 is 0 Å². The Morgan fingerprint density at radius 1 is 1.00 bits per heavy atom. The van der Waals surface area contributed by atoms with Crippen LogP contribution in [0.25, 0.3) is 0 Å². The predicted octanol–water partition coefficient (Wildman–Crippen LogP) is 0.0254. The van der Waals surface area contributed by atoms with E-state index in [0.717, 1.165) is 0 Å². The fourth-order valence-electron chi connectivity index (χ4n) is 2.92. The van der Waals surface area contributed by atoms with Crippen LogP contribution in [-0.4, -0.2) is 80.3 Å². The zero-order valence-corrected chi connectivity index (χ0v) is 15.5. The second-order valence-electron chi connectivity index (χ2n) is 5.84. The molecule has 10 heteroatoms. The van der Waals surface area contributed by atoms with Crippen molar-refractivity contribution < 1.29 is 17.9 Å². The van der Waals surface area contributed by atoms with Crippen LogP contribution < -0.4 is 5.73 Å². The van der Waals surface area contributed by atoms with Crippen molar-refractivity contribution in [2.75, 3.05) is 58.2 Å². The van der Waals surface area contributed by atoms with E-state index in [1.54, 1.807) is 29.2 Å². The van der Waals surface area contributed by atoms with Crippen molar-refractivity contribution in [2.24, 2.45) is 0 Å². The number of carbonyl (C=O) groups is 1. The van der Waals surface area contributed by atoms with Gasteiger partial charge in [0.15, 0.2) is 0 Å². The van der Waals surface area contributed by atoms with E-state index >= 15 is 0 Å². The number of halogens is 1. The molecule has 140 valence electrons. The Hall–Kier alpha value is -1.39. The van der Waals surface area contributed by atoms with E-state index in [0.29, 0.717) is 63.7 Å². The first-order valence-corrected chi connectivity index (χ1v) is 9.36. The Labute approximate surface area is 154 Å². The monoisotopic (exact) mass is 390 g/mol. The molecule has 2 fully saturated rings. The summed E-state index contributed by atoms with van der Waals surface area (Å²) in [6.45, 7) is 2.95. The van der Waals surface area contributed by atoms with Crippen LogP contribution in [0.5, 0.6) is 0 Å². The van der Waals surface area contributed by atoms with Gasteiger partial charge in [0.05, 0.1) is 13.2 Å².